The van der Waals surface area contributed by atoms with E-state index in [2.05, 4.69) is 21.2 Å². The SMILES string of the molecule is COc1ccc(NCc2ccc(O)c(Br)c2)c([N+](=O)[O-])c1. The van der Waals surface area contributed by atoms with Gasteiger partial charge in [-0.15, -0.1) is 0 Å². The summed E-state index contributed by atoms with van der Waals surface area (Å²) in [6.07, 6.45) is 0. The third-order valence-electron chi connectivity index (χ3n) is 2.90. The maximum Gasteiger partial charge on any atom is 0.296 e. The van der Waals surface area contributed by atoms with Crippen molar-refractivity contribution in [2.75, 3.05) is 12.4 Å². The van der Waals surface area contributed by atoms with E-state index in [0.717, 1.165) is 5.56 Å². The number of nitrogens with zero attached hydrogens (tertiary/aromatic N) is 1. The minimum Gasteiger partial charge on any atom is -0.507 e. The van der Waals surface area contributed by atoms with E-state index in [-0.39, 0.29) is 11.4 Å². The summed E-state index contributed by atoms with van der Waals surface area (Å²) in [6, 6.07) is 9.67. The van der Waals surface area contributed by atoms with Gasteiger partial charge in [0, 0.05) is 6.54 Å². The number of nitro benzene ring substituents is 1. The molecule has 0 radical (unpaired) electrons. The van der Waals surface area contributed by atoms with Crippen molar-refractivity contribution in [1.82, 2.24) is 0 Å². The monoisotopic (exact) mass is 352 g/mol. The van der Waals surface area contributed by atoms with Crippen LogP contribution in [-0.2, 0) is 6.54 Å². The third-order valence-corrected chi connectivity index (χ3v) is 3.53. The summed E-state index contributed by atoms with van der Waals surface area (Å²) in [4.78, 5) is 10.6. The van der Waals surface area contributed by atoms with Crippen LogP contribution in [0.2, 0.25) is 0 Å². The van der Waals surface area contributed by atoms with Gasteiger partial charge in [0.15, 0.2) is 0 Å². The van der Waals surface area contributed by atoms with Gasteiger partial charge in [0.1, 0.15) is 17.2 Å². The molecule has 0 fully saturated rings. The van der Waals surface area contributed by atoms with Crippen LogP contribution in [0.15, 0.2) is 40.9 Å². The predicted molar refractivity (Wildman–Crippen MR) is 82.8 cm³/mol. The highest BCUT2D eigenvalue weighted by Gasteiger charge is 2.14. The van der Waals surface area contributed by atoms with Crippen LogP contribution in [-0.4, -0.2) is 17.1 Å². The molecular weight excluding hydrogens is 340 g/mol. The lowest BCUT2D eigenvalue weighted by Crippen LogP contribution is -2.03. The molecule has 0 unspecified atom stereocenters. The highest BCUT2D eigenvalue weighted by molar-refractivity contribution is 9.10. The topological polar surface area (TPSA) is 84.6 Å². The smallest absolute Gasteiger partial charge is 0.296 e. The van der Waals surface area contributed by atoms with Gasteiger partial charge in [-0.1, -0.05) is 6.07 Å². The number of methoxy groups -OCH3 is 1. The van der Waals surface area contributed by atoms with E-state index in [0.29, 0.717) is 22.5 Å². The van der Waals surface area contributed by atoms with Crippen molar-refractivity contribution in [2.24, 2.45) is 0 Å². The van der Waals surface area contributed by atoms with Gasteiger partial charge >= 0.3 is 0 Å². The first-order valence-corrected chi connectivity index (χ1v) is 6.84. The molecule has 0 spiro atoms. The molecule has 2 aromatic carbocycles. The van der Waals surface area contributed by atoms with Crippen molar-refractivity contribution in [3.05, 3.63) is 56.5 Å². The van der Waals surface area contributed by atoms with Gasteiger partial charge in [-0.05, 0) is 45.8 Å². The maximum absolute atomic E-state index is 11.1. The van der Waals surface area contributed by atoms with Crippen molar-refractivity contribution >= 4 is 27.3 Å². The Balaban J connectivity index is 2.19. The average Bonchev–Trinajstić information content (AvgIpc) is 2.48. The van der Waals surface area contributed by atoms with Crippen molar-refractivity contribution in [2.45, 2.75) is 6.54 Å². The summed E-state index contributed by atoms with van der Waals surface area (Å²) >= 11 is 3.23. The van der Waals surface area contributed by atoms with Gasteiger partial charge < -0.3 is 15.2 Å². The number of hydrogen-bond donors (Lipinski definition) is 2. The van der Waals surface area contributed by atoms with Crippen molar-refractivity contribution in [3.8, 4) is 11.5 Å². The number of rotatable bonds is 5. The number of aromatic hydroxyl groups is 1. The first-order chi connectivity index (χ1) is 10.0. The Morgan fingerprint density at radius 3 is 2.71 bits per heavy atom. The van der Waals surface area contributed by atoms with Gasteiger partial charge in [-0.25, -0.2) is 0 Å². The molecular formula is C14H13BrN2O4. The second-order valence-corrected chi connectivity index (χ2v) is 5.13. The molecule has 0 aliphatic rings. The van der Waals surface area contributed by atoms with Gasteiger partial charge in [0.05, 0.1) is 22.6 Å². The maximum atomic E-state index is 11.1. The van der Waals surface area contributed by atoms with Crippen LogP contribution in [0.5, 0.6) is 11.5 Å². The van der Waals surface area contributed by atoms with Crippen LogP contribution in [0, 0.1) is 10.1 Å². The molecule has 21 heavy (non-hydrogen) atoms. The number of nitrogens with one attached hydrogen (secondary N) is 1. The quantitative estimate of drug-likeness (QED) is 0.633. The minimum atomic E-state index is -0.461. The lowest BCUT2D eigenvalue weighted by molar-refractivity contribution is -0.384. The van der Waals surface area contributed by atoms with Crippen LogP contribution < -0.4 is 10.1 Å². The summed E-state index contributed by atoms with van der Waals surface area (Å²) in [5.74, 6) is 0.578. The van der Waals surface area contributed by atoms with E-state index in [1.807, 2.05) is 0 Å². The standard InChI is InChI=1S/C14H13BrN2O4/c1-21-10-3-4-12(13(7-10)17(19)20)16-8-9-2-5-14(18)11(15)6-9/h2-7,16,18H,8H2,1H3. The Labute approximate surface area is 129 Å². The summed E-state index contributed by atoms with van der Waals surface area (Å²) in [5, 5.41) is 23.5. The number of phenolic OH excluding ortho intramolecular Hbond substituents is 1. The number of nitro groups is 1. The van der Waals surface area contributed by atoms with Crippen LogP contribution in [0.25, 0.3) is 0 Å². The van der Waals surface area contributed by atoms with Crippen molar-refractivity contribution in [3.63, 3.8) is 0 Å². The second kappa shape index (κ2) is 6.45. The molecule has 0 saturated heterocycles. The normalized spacial score (nSPS) is 10.2. The molecule has 0 bridgehead atoms. The lowest BCUT2D eigenvalue weighted by atomic mass is 10.2. The Bertz CT molecular complexity index is 676. The van der Waals surface area contributed by atoms with Gasteiger partial charge in [0.25, 0.3) is 5.69 Å². The van der Waals surface area contributed by atoms with Crippen LogP contribution in [0.3, 0.4) is 0 Å². The largest absolute Gasteiger partial charge is 0.507 e. The number of halogens is 1. The molecule has 2 aromatic rings. The zero-order valence-electron chi connectivity index (χ0n) is 11.2. The van der Waals surface area contributed by atoms with Crippen molar-refractivity contribution in [1.29, 1.82) is 0 Å². The Morgan fingerprint density at radius 1 is 1.33 bits per heavy atom. The molecule has 0 atom stereocenters. The molecule has 0 aliphatic heterocycles. The molecule has 110 valence electrons. The van der Waals surface area contributed by atoms with Crippen LogP contribution in [0.1, 0.15) is 5.56 Å². The van der Waals surface area contributed by atoms with E-state index < -0.39 is 4.92 Å². The van der Waals surface area contributed by atoms with E-state index in [1.165, 1.54) is 13.2 Å². The highest BCUT2D eigenvalue weighted by Crippen LogP contribution is 2.30. The van der Waals surface area contributed by atoms with E-state index >= 15 is 0 Å². The Kier molecular flexibility index (Phi) is 4.64. The summed E-state index contributed by atoms with van der Waals surface area (Å²) < 4.78 is 5.56. The fourth-order valence-electron chi connectivity index (χ4n) is 1.80. The predicted octanol–water partition coefficient (Wildman–Crippen LogP) is 3.68. The second-order valence-electron chi connectivity index (χ2n) is 4.28. The van der Waals surface area contributed by atoms with Gasteiger partial charge in [-0.2, -0.15) is 0 Å². The number of hydrogen-bond acceptors (Lipinski definition) is 5. The first kappa shape index (κ1) is 15.1. The average molecular weight is 353 g/mol. The van der Waals surface area contributed by atoms with E-state index in [1.54, 1.807) is 30.3 Å². The van der Waals surface area contributed by atoms with Crippen LogP contribution >= 0.6 is 15.9 Å². The molecule has 0 aliphatic carbocycles. The number of phenols is 1. The molecule has 0 saturated carbocycles. The summed E-state index contributed by atoms with van der Waals surface area (Å²) in [7, 11) is 1.46. The fraction of sp³-hybridized carbons (Fsp3) is 0.143. The van der Waals surface area contributed by atoms with E-state index in [9.17, 15) is 15.2 Å². The van der Waals surface area contributed by atoms with Gasteiger partial charge in [0.2, 0.25) is 0 Å². The number of anilines is 1. The third kappa shape index (κ3) is 3.63. The Morgan fingerprint density at radius 2 is 2.10 bits per heavy atom. The molecule has 2 N–H and O–H groups in total. The zero-order valence-corrected chi connectivity index (χ0v) is 12.8. The minimum absolute atomic E-state index is 0.0489. The molecule has 6 nitrogen and oxygen atoms in total. The molecule has 0 heterocycles. The number of benzene rings is 2. The first-order valence-electron chi connectivity index (χ1n) is 6.05. The van der Waals surface area contributed by atoms with Crippen molar-refractivity contribution < 1.29 is 14.8 Å². The highest BCUT2D eigenvalue weighted by atomic mass is 79.9. The number of ether oxygens (including phenoxy) is 1. The van der Waals surface area contributed by atoms with Gasteiger partial charge in [-0.3, -0.25) is 10.1 Å². The lowest BCUT2D eigenvalue weighted by Gasteiger charge is -2.09. The summed E-state index contributed by atoms with van der Waals surface area (Å²) in [5.41, 5.74) is 1.24. The zero-order chi connectivity index (χ0) is 15.4. The molecule has 0 aromatic heterocycles. The summed E-state index contributed by atoms with van der Waals surface area (Å²) in [6.45, 7) is 0.395. The fourth-order valence-corrected chi connectivity index (χ4v) is 2.22. The molecule has 0 amide bonds. The Hall–Kier alpha value is -2.28. The molecule has 2 rings (SSSR count). The molecule has 7 heteroatoms. The van der Waals surface area contributed by atoms with Crippen LogP contribution in [0.4, 0.5) is 11.4 Å². The van der Waals surface area contributed by atoms with E-state index in [4.69, 9.17) is 4.74 Å².